The lowest BCUT2D eigenvalue weighted by atomic mass is 9.91. The van der Waals surface area contributed by atoms with Crippen LogP contribution in [0, 0.1) is 5.92 Å². The van der Waals surface area contributed by atoms with Crippen molar-refractivity contribution in [3.05, 3.63) is 0 Å². The van der Waals surface area contributed by atoms with E-state index in [1.54, 1.807) is 0 Å². The van der Waals surface area contributed by atoms with Crippen LogP contribution in [0.3, 0.4) is 0 Å². The lowest BCUT2D eigenvalue weighted by Crippen LogP contribution is -2.53. The maximum atomic E-state index is 5.99. The van der Waals surface area contributed by atoms with Crippen LogP contribution in [0.15, 0.2) is 0 Å². The van der Waals surface area contributed by atoms with Gasteiger partial charge in [0, 0.05) is 18.6 Å². The molecule has 2 N–H and O–H groups in total. The lowest BCUT2D eigenvalue weighted by molar-refractivity contribution is 0.0853. The Morgan fingerprint density at radius 1 is 1.12 bits per heavy atom. The first-order valence-electron chi connectivity index (χ1n) is 7.02. The molecule has 16 heavy (non-hydrogen) atoms. The highest BCUT2D eigenvalue weighted by molar-refractivity contribution is 4.87. The third-order valence-electron chi connectivity index (χ3n) is 4.01. The topological polar surface area (TPSA) is 29.3 Å². The van der Waals surface area contributed by atoms with Crippen molar-refractivity contribution in [1.82, 2.24) is 4.90 Å². The van der Waals surface area contributed by atoms with Crippen molar-refractivity contribution in [3.8, 4) is 0 Å². The van der Waals surface area contributed by atoms with Gasteiger partial charge in [-0.2, -0.15) is 0 Å². The molecule has 98 valence electrons. The number of nitrogens with two attached hydrogens (primary N) is 1. The summed E-state index contributed by atoms with van der Waals surface area (Å²) < 4.78 is 0. The molecule has 1 unspecified atom stereocenters. The van der Waals surface area contributed by atoms with E-state index in [4.69, 9.17) is 5.73 Å². The standard InChI is InChI=1S/C14H32N2/c1-6-10-14(5,12-15)16(9-4)11-13(7-2)8-3/h13H,6-12,15H2,1-5H3. The number of rotatable bonds is 9. The van der Waals surface area contributed by atoms with Gasteiger partial charge in [0.15, 0.2) is 0 Å². The van der Waals surface area contributed by atoms with Gasteiger partial charge in [-0.25, -0.2) is 0 Å². The summed E-state index contributed by atoms with van der Waals surface area (Å²) in [5, 5.41) is 0. The molecular formula is C14H32N2. The van der Waals surface area contributed by atoms with E-state index >= 15 is 0 Å². The molecule has 0 radical (unpaired) electrons. The molecule has 0 spiro atoms. The molecule has 2 heteroatoms. The van der Waals surface area contributed by atoms with Crippen molar-refractivity contribution in [1.29, 1.82) is 0 Å². The quantitative estimate of drug-likeness (QED) is 0.656. The van der Waals surface area contributed by atoms with Crippen LogP contribution in [0.4, 0.5) is 0 Å². The Kier molecular flexibility index (Phi) is 8.04. The molecule has 0 heterocycles. The van der Waals surface area contributed by atoms with E-state index in [0.29, 0.717) is 0 Å². The summed E-state index contributed by atoms with van der Waals surface area (Å²) in [4.78, 5) is 2.59. The van der Waals surface area contributed by atoms with Crippen LogP contribution in [0.5, 0.6) is 0 Å². The first kappa shape index (κ1) is 15.9. The fourth-order valence-electron chi connectivity index (χ4n) is 2.52. The van der Waals surface area contributed by atoms with Crippen molar-refractivity contribution < 1.29 is 0 Å². The van der Waals surface area contributed by atoms with E-state index in [0.717, 1.165) is 19.0 Å². The third kappa shape index (κ3) is 4.42. The van der Waals surface area contributed by atoms with E-state index < -0.39 is 0 Å². The van der Waals surface area contributed by atoms with Gasteiger partial charge in [-0.05, 0) is 25.8 Å². The largest absolute Gasteiger partial charge is 0.329 e. The van der Waals surface area contributed by atoms with Gasteiger partial charge in [0.05, 0.1) is 0 Å². The summed E-state index contributed by atoms with van der Waals surface area (Å²) in [5.74, 6) is 0.822. The molecule has 1 atom stereocenters. The molecule has 0 bridgehead atoms. The minimum Gasteiger partial charge on any atom is -0.329 e. The maximum Gasteiger partial charge on any atom is 0.0303 e. The van der Waals surface area contributed by atoms with Gasteiger partial charge in [-0.15, -0.1) is 0 Å². The molecular weight excluding hydrogens is 196 g/mol. The Bertz CT molecular complexity index is 166. The number of nitrogens with zero attached hydrogens (tertiary/aromatic N) is 1. The zero-order chi connectivity index (χ0) is 12.6. The number of likely N-dealkylation sites (N-methyl/N-ethyl adjacent to an activating group) is 1. The SMILES string of the molecule is CCCC(C)(CN)N(CC)CC(CC)CC. The van der Waals surface area contributed by atoms with Crippen molar-refractivity contribution in [2.75, 3.05) is 19.6 Å². The predicted octanol–water partition coefficient (Wildman–Crippen LogP) is 3.26. The van der Waals surface area contributed by atoms with Gasteiger partial charge in [0.25, 0.3) is 0 Å². The maximum absolute atomic E-state index is 5.99. The summed E-state index contributed by atoms with van der Waals surface area (Å²) in [7, 11) is 0. The van der Waals surface area contributed by atoms with E-state index in [-0.39, 0.29) is 5.54 Å². The molecule has 0 fully saturated rings. The van der Waals surface area contributed by atoms with E-state index in [1.807, 2.05) is 0 Å². The summed E-state index contributed by atoms with van der Waals surface area (Å²) in [6.07, 6.45) is 4.98. The molecule has 0 aliphatic rings. The molecule has 0 aromatic heterocycles. The van der Waals surface area contributed by atoms with Crippen molar-refractivity contribution in [2.45, 2.75) is 65.8 Å². The summed E-state index contributed by atoms with van der Waals surface area (Å²) in [6.45, 7) is 14.5. The molecule has 0 saturated carbocycles. The zero-order valence-electron chi connectivity index (χ0n) is 12.1. The molecule has 0 aliphatic heterocycles. The minimum absolute atomic E-state index is 0.200. The first-order valence-corrected chi connectivity index (χ1v) is 7.02. The molecule has 0 rings (SSSR count). The molecule has 0 saturated heterocycles. The highest BCUT2D eigenvalue weighted by atomic mass is 15.2. The fourth-order valence-corrected chi connectivity index (χ4v) is 2.52. The summed E-state index contributed by atoms with van der Waals surface area (Å²) in [6, 6.07) is 0. The Morgan fingerprint density at radius 2 is 1.69 bits per heavy atom. The normalized spacial score (nSPS) is 15.8. The van der Waals surface area contributed by atoms with Crippen LogP contribution in [-0.4, -0.2) is 30.1 Å². The van der Waals surface area contributed by atoms with E-state index in [9.17, 15) is 0 Å². The predicted molar refractivity (Wildman–Crippen MR) is 73.7 cm³/mol. The second-order valence-electron chi connectivity index (χ2n) is 5.17. The van der Waals surface area contributed by atoms with Crippen LogP contribution in [0.2, 0.25) is 0 Å². The molecule has 0 aromatic carbocycles. The van der Waals surface area contributed by atoms with Crippen molar-refractivity contribution in [3.63, 3.8) is 0 Å². The lowest BCUT2D eigenvalue weighted by Gasteiger charge is -2.42. The monoisotopic (exact) mass is 228 g/mol. The van der Waals surface area contributed by atoms with Crippen LogP contribution < -0.4 is 5.73 Å². The Morgan fingerprint density at radius 3 is 2.00 bits per heavy atom. The van der Waals surface area contributed by atoms with Gasteiger partial charge >= 0.3 is 0 Å². The average Bonchev–Trinajstić information content (AvgIpc) is 2.31. The van der Waals surface area contributed by atoms with Gasteiger partial charge in [-0.1, -0.05) is 47.0 Å². The van der Waals surface area contributed by atoms with Crippen LogP contribution in [0.1, 0.15) is 60.3 Å². The highest BCUT2D eigenvalue weighted by Crippen LogP contribution is 2.23. The Labute approximate surface area is 103 Å². The van der Waals surface area contributed by atoms with Crippen molar-refractivity contribution in [2.24, 2.45) is 11.7 Å². The van der Waals surface area contributed by atoms with E-state index in [2.05, 4.69) is 39.5 Å². The molecule has 0 aromatic rings. The van der Waals surface area contributed by atoms with Crippen LogP contribution in [0.25, 0.3) is 0 Å². The second kappa shape index (κ2) is 8.08. The molecule has 0 aliphatic carbocycles. The zero-order valence-corrected chi connectivity index (χ0v) is 12.1. The molecule has 2 nitrogen and oxygen atoms in total. The smallest absolute Gasteiger partial charge is 0.0303 e. The number of hydrogen-bond acceptors (Lipinski definition) is 2. The van der Waals surface area contributed by atoms with E-state index in [1.165, 1.54) is 32.2 Å². The minimum atomic E-state index is 0.200. The second-order valence-corrected chi connectivity index (χ2v) is 5.17. The van der Waals surface area contributed by atoms with Gasteiger partial charge in [0.1, 0.15) is 0 Å². The van der Waals surface area contributed by atoms with Gasteiger partial charge in [-0.3, -0.25) is 4.90 Å². The number of hydrogen-bond donors (Lipinski definition) is 1. The van der Waals surface area contributed by atoms with Crippen LogP contribution in [-0.2, 0) is 0 Å². The van der Waals surface area contributed by atoms with Crippen LogP contribution >= 0.6 is 0 Å². The summed E-state index contributed by atoms with van der Waals surface area (Å²) >= 11 is 0. The van der Waals surface area contributed by atoms with Crippen molar-refractivity contribution >= 4 is 0 Å². The van der Waals surface area contributed by atoms with Gasteiger partial charge in [0.2, 0.25) is 0 Å². The molecule has 0 amide bonds. The summed E-state index contributed by atoms with van der Waals surface area (Å²) in [5.41, 5.74) is 6.19. The third-order valence-corrected chi connectivity index (χ3v) is 4.01. The highest BCUT2D eigenvalue weighted by Gasteiger charge is 2.29. The van der Waals surface area contributed by atoms with Gasteiger partial charge < -0.3 is 5.73 Å². The Balaban J connectivity index is 4.54. The first-order chi connectivity index (χ1) is 7.57. The average molecular weight is 228 g/mol. The fraction of sp³-hybridized carbons (Fsp3) is 1.00. The Hall–Kier alpha value is -0.0800.